The second kappa shape index (κ2) is 10.6. The molecule has 3 nitrogen and oxygen atoms in total. The molecule has 0 unspecified atom stereocenters. The summed E-state index contributed by atoms with van der Waals surface area (Å²) in [6.07, 6.45) is 2.27. The van der Waals surface area contributed by atoms with E-state index in [1.807, 2.05) is 32.0 Å². The van der Waals surface area contributed by atoms with E-state index in [0.717, 1.165) is 12.1 Å². The van der Waals surface area contributed by atoms with Crippen molar-refractivity contribution in [1.82, 2.24) is 4.98 Å². The third-order valence-electron chi connectivity index (χ3n) is 1.69. The van der Waals surface area contributed by atoms with Crippen molar-refractivity contribution in [2.24, 2.45) is 0 Å². The summed E-state index contributed by atoms with van der Waals surface area (Å²) in [4.78, 5) is 4.03. The Kier molecular flexibility index (Phi) is 9.97. The van der Waals surface area contributed by atoms with E-state index in [-0.39, 0.29) is 6.29 Å². The minimum absolute atomic E-state index is 0.287. The Balaban J connectivity index is 0.000000281. The van der Waals surface area contributed by atoms with Crippen LogP contribution in [0.4, 0.5) is 0 Å². The summed E-state index contributed by atoms with van der Waals surface area (Å²) in [5, 5.41) is 0. The molecule has 0 aromatic carbocycles. The van der Waals surface area contributed by atoms with Crippen LogP contribution in [0.2, 0.25) is 0 Å². The smallest absolute Gasteiger partial charge is 0.157 e. The fourth-order valence-corrected chi connectivity index (χ4v) is 0.966. The third kappa shape index (κ3) is 8.38. The van der Waals surface area contributed by atoms with Gasteiger partial charge in [-0.1, -0.05) is 6.07 Å². The number of rotatable bonds is 5. The first kappa shape index (κ1) is 15.1. The van der Waals surface area contributed by atoms with Crippen molar-refractivity contribution in [3.05, 3.63) is 43.9 Å². The van der Waals surface area contributed by atoms with Gasteiger partial charge in [0.1, 0.15) is 0 Å². The van der Waals surface area contributed by atoms with Crippen LogP contribution in [0, 0.1) is 13.8 Å². The van der Waals surface area contributed by atoms with Crippen molar-refractivity contribution in [3.63, 3.8) is 0 Å². The highest BCUT2D eigenvalue weighted by Gasteiger charge is 1.95. The van der Waals surface area contributed by atoms with E-state index in [1.165, 1.54) is 0 Å². The summed E-state index contributed by atoms with van der Waals surface area (Å²) in [7, 11) is 0. The molecule has 90 valence electrons. The van der Waals surface area contributed by atoms with Crippen LogP contribution in [0.3, 0.4) is 0 Å². The average molecular weight is 223 g/mol. The van der Waals surface area contributed by atoms with Gasteiger partial charge in [0.05, 0.1) is 0 Å². The molecule has 0 amide bonds. The van der Waals surface area contributed by atoms with Crippen molar-refractivity contribution in [3.8, 4) is 0 Å². The van der Waals surface area contributed by atoms with Gasteiger partial charge >= 0.3 is 0 Å². The Hall–Kier alpha value is -0.930. The molecule has 0 aliphatic carbocycles. The van der Waals surface area contributed by atoms with Gasteiger partial charge in [0.15, 0.2) is 6.29 Å². The topological polar surface area (TPSA) is 31.4 Å². The summed E-state index contributed by atoms with van der Waals surface area (Å²) >= 11 is 0. The SMILES string of the molecule is [CH2]C(OCC)OCC.[CH2]Cc1ccccn1. The second-order valence-corrected chi connectivity index (χ2v) is 2.91. The quantitative estimate of drug-likeness (QED) is 0.719. The number of hydrogen-bond acceptors (Lipinski definition) is 3. The van der Waals surface area contributed by atoms with Crippen LogP contribution >= 0.6 is 0 Å². The standard InChI is InChI=1S/C7H8N.C6H13O2/c1-2-7-5-3-4-6-8-7;1-4-7-6(3)8-5-2/h3-6H,1-2H2;6H,3-5H2,1-2H3. The minimum atomic E-state index is -0.287. The van der Waals surface area contributed by atoms with Crippen molar-refractivity contribution in [2.45, 2.75) is 26.6 Å². The van der Waals surface area contributed by atoms with Crippen molar-refractivity contribution >= 4 is 0 Å². The first-order chi connectivity index (χ1) is 7.74. The lowest BCUT2D eigenvalue weighted by Crippen LogP contribution is -2.12. The highest BCUT2D eigenvalue weighted by molar-refractivity contribution is 5.03. The van der Waals surface area contributed by atoms with Crippen molar-refractivity contribution < 1.29 is 9.47 Å². The molecular formula is C13H21NO2. The molecule has 0 saturated carbocycles. The molecule has 0 atom stereocenters. The van der Waals surface area contributed by atoms with Gasteiger partial charge in [-0.05, 0) is 39.3 Å². The van der Waals surface area contributed by atoms with Crippen molar-refractivity contribution in [2.75, 3.05) is 13.2 Å². The Bertz CT molecular complexity index is 233. The van der Waals surface area contributed by atoms with Gasteiger partial charge in [0.2, 0.25) is 0 Å². The van der Waals surface area contributed by atoms with Gasteiger partial charge in [-0.3, -0.25) is 4.98 Å². The Morgan fingerprint density at radius 2 is 1.88 bits per heavy atom. The molecule has 1 aromatic heterocycles. The zero-order valence-corrected chi connectivity index (χ0v) is 10.2. The van der Waals surface area contributed by atoms with E-state index < -0.39 is 0 Å². The lowest BCUT2D eigenvalue weighted by Gasteiger charge is -2.09. The molecule has 1 aromatic rings. The number of aromatic nitrogens is 1. The minimum Gasteiger partial charge on any atom is -0.353 e. The highest BCUT2D eigenvalue weighted by atomic mass is 16.7. The van der Waals surface area contributed by atoms with Gasteiger partial charge in [0.25, 0.3) is 0 Å². The van der Waals surface area contributed by atoms with Gasteiger partial charge in [0, 0.05) is 32.0 Å². The average Bonchev–Trinajstić information content (AvgIpc) is 2.32. The van der Waals surface area contributed by atoms with E-state index in [4.69, 9.17) is 9.47 Å². The molecule has 0 aliphatic heterocycles. The summed E-state index contributed by atoms with van der Waals surface area (Å²) in [6, 6.07) is 5.83. The maximum Gasteiger partial charge on any atom is 0.157 e. The molecule has 1 heterocycles. The zero-order valence-electron chi connectivity index (χ0n) is 10.2. The lowest BCUT2D eigenvalue weighted by atomic mass is 10.3. The van der Waals surface area contributed by atoms with Crippen LogP contribution in [-0.2, 0) is 15.9 Å². The zero-order chi connectivity index (χ0) is 12.2. The fourth-order valence-electron chi connectivity index (χ4n) is 0.966. The van der Waals surface area contributed by atoms with Crippen LogP contribution in [0.15, 0.2) is 24.4 Å². The van der Waals surface area contributed by atoms with Crippen LogP contribution < -0.4 is 0 Å². The molecule has 0 N–H and O–H groups in total. The highest BCUT2D eigenvalue weighted by Crippen LogP contribution is 1.91. The molecule has 3 heteroatoms. The van der Waals surface area contributed by atoms with Gasteiger partial charge in [-0.15, -0.1) is 0 Å². The summed E-state index contributed by atoms with van der Waals surface area (Å²) in [6.45, 7) is 12.4. The summed E-state index contributed by atoms with van der Waals surface area (Å²) < 4.78 is 9.90. The largest absolute Gasteiger partial charge is 0.353 e. The summed E-state index contributed by atoms with van der Waals surface area (Å²) in [5.41, 5.74) is 1.05. The maximum absolute atomic E-state index is 4.95. The fraction of sp³-hybridized carbons (Fsp3) is 0.462. The first-order valence-electron chi connectivity index (χ1n) is 5.50. The molecule has 0 fully saturated rings. The van der Waals surface area contributed by atoms with E-state index in [1.54, 1.807) is 6.20 Å². The normalized spacial score (nSPS) is 9.81. The van der Waals surface area contributed by atoms with Crippen molar-refractivity contribution in [1.29, 1.82) is 0 Å². The molecular weight excluding hydrogens is 202 g/mol. The van der Waals surface area contributed by atoms with E-state index in [0.29, 0.717) is 13.2 Å². The maximum atomic E-state index is 4.95. The number of hydrogen-bond donors (Lipinski definition) is 0. The van der Waals surface area contributed by atoms with Gasteiger partial charge < -0.3 is 9.47 Å². The molecule has 0 saturated heterocycles. The third-order valence-corrected chi connectivity index (χ3v) is 1.69. The molecule has 0 spiro atoms. The molecule has 1 rings (SSSR count). The Labute approximate surface area is 98.8 Å². The molecule has 2 radical (unpaired) electrons. The Morgan fingerprint density at radius 1 is 1.25 bits per heavy atom. The Morgan fingerprint density at radius 3 is 2.19 bits per heavy atom. The van der Waals surface area contributed by atoms with Crippen LogP contribution in [0.1, 0.15) is 19.5 Å². The second-order valence-electron chi connectivity index (χ2n) is 2.91. The van der Waals surface area contributed by atoms with Crippen LogP contribution in [0.5, 0.6) is 0 Å². The van der Waals surface area contributed by atoms with Gasteiger partial charge in [-0.25, -0.2) is 0 Å². The lowest BCUT2D eigenvalue weighted by molar-refractivity contribution is -0.105. The molecule has 0 bridgehead atoms. The predicted octanol–water partition coefficient (Wildman–Crippen LogP) is 2.68. The number of ether oxygens (including phenoxy) is 2. The van der Waals surface area contributed by atoms with Crippen LogP contribution in [0.25, 0.3) is 0 Å². The van der Waals surface area contributed by atoms with E-state index in [9.17, 15) is 0 Å². The van der Waals surface area contributed by atoms with Gasteiger partial charge in [-0.2, -0.15) is 0 Å². The van der Waals surface area contributed by atoms with E-state index >= 15 is 0 Å². The van der Waals surface area contributed by atoms with E-state index in [2.05, 4.69) is 18.8 Å². The monoisotopic (exact) mass is 223 g/mol. The molecule has 0 aliphatic rings. The van der Waals surface area contributed by atoms with Crippen LogP contribution in [-0.4, -0.2) is 24.5 Å². The number of nitrogens with zero attached hydrogens (tertiary/aromatic N) is 1. The number of pyridine rings is 1. The first-order valence-corrected chi connectivity index (χ1v) is 5.50. The summed E-state index contributed by atoms with van der Waals surface area (Å²) in [5.74, 6) is 0. The molecule has 16 heavy (non-hydrogen) atoms. The predicted molar refractivity (Wildman–Crippen MR) is 65.7 cm³/mol.